The van der Waals surface area contributed by atoms with E-state index >= 15 is 0 Å². The predicted octanol–water partition coefficient (Wildman–Crippen LogP) is 3.59. The predicted molar refractivity (Wildman–Crippen MR) is 88.9 cm³/mol. The number of rotatable bonds is 4. The minimum Gasteiger partial charge on any atom is -0.445 e. The van der Waals surface area contributed by atoms with E-state index in [-0.39, 0.29) is 18.7 Å². The number of hydrogen-bond donors (Lipinski definition) is 1. The van der Waals surface area contributed by atoms with E-state index in [9.17, 15) is 9.90 Å². The van der Waals surface area contributed by atoms with Crippen molar-refractivity contribution in [2.45, 2.75) is 51.2 Å². The van der Waals surface area contributed by atoms with Crippen LogP contribution in [-0.2, 0) is 11.3 Å². The fraction of sp³-hybridized carbons (Fsp3) is 0.632. The van der Waals surface area contributed by atoms with Gasteiger partial charge in [-0.25, -0.2) is 4.79 Å². The highest BCUT2D eigenvalue weighted by Gasteiger charge is 2.39. The van der Waals surface area contributed by atoms with Crippen molar-refractivity contribution in [3.05, 3.63) is 35.9 Å². The van der Waals surface area contributed by atoms with E-state index in [1.807, 2.05) is 35.2 Å². The summed E-state index contributed by atoms with van der Waals surface area (Å²) >= 11 is 0. The van der Waals surface area contributed by atoms with Crippen molar-refractivity contribution in [3.8, 4) is 0 Å². The highest BCUT2D eigenvalue weighted by atomic mass is 16.6. The van der Waals surface area contributed by atoms with Gasteiger partial charge in [-0.3, -0.25) is 0 Å². The van der Waals surface area contributed by atoms with Crippen LogP contribution in [0, 0.1) is 11.8 Å². The van der Waals surface area contributed by atoms with Gasteiger partial charge in [0.2, 0.25) is 0 Å². The second-order valence-corrected chi connectivity index (χ2v) is 6.90. The van der Waals surface area contributed by atoms with E-state index < -0.39 is 0 Å². The zero-order valence-electron chi connectivity index (χ0n) is 13.7. The van der Waals surface area contributed by atoms with Crippen LogP contribution in [0.2, 0.25) is 0 Å². The summed E-state index contributed by atoms with van der Waals surface area (Å²) in [4.78, 5) is 14.4. The lowest BCUT2D eigenvalue weighted by Crippen LogP contribution is -2.51. The second kappa shape index (κ2) is 7.82. The molecule has 4 heteroatoms. The van der Waals surface area contributed by atoms with Gasteiger partial charge in [-0.15, -0.1) is 0 Å². The quantitative estimate of drug-likeness (QED) is 0.923. The number of aliphatic hydroxyl groups excluding tert-OH is 1. The lowest BCUT2D eigenvalue weighted by Gasteiger charge is -2.45. The highest BCUT2D eigenvalue weighted by Crippen LogP contribution is 2.39. The number of hydrogen-bond acceptors (Lipinski definition) is 3. The maximum atomic E-state index is 12.6. The van der Waals surface area contributed by atoms with Crippen molar-refractivity contribution in [3.63, 3.8) is 0 Å². The molecule has 2 fully saturated rings. The van der Waals surface area contributed by atoms with E-state index in [2.05, 4.69) is 0 Å². The normalized spacial score (nSPS) is 27.3. The third-order valence-corrected chi connectivity index (χ3v) is 5.42. The monoisotopic (exact) mass is 317 g/mol. The molecule has 126 valence electrons. The third kappa shape index (κ3) is 4.05. The minimum absolute atomic E-state index is 0.127. The van der Waals surface area contributed by atoms with Crippen LogP contribution in [0.4, 0.5) is 4.79 Å². The summed E-state index contributed by atoms with van der Waals surface area (Å²) in [6.07, 6.45) is 6.54. The second-order valence-electron chi connectivity index (χ2n) is 6.90. The topological polar surface area (TPSA) is 49.8 Å². The average Bonchev–Trinajstić information content (AvgIpc) is 2.60. The van der Waals surface area contributed by atoms with Crippen molar-refractivity contribution in [1.29, 1.82) is 0 Å². The standard InChI is InChI=1S/C19H27NO3/c21-11-10-18-12-16-8-4-5-9-17(16)13-20(18)19(22)23-14-15-6-2-1-3-7-15/h1-3,6-7,16-18,21H,4-5,8-14H2. The molecule has 3 unspecified atom stereocenters. The van der Waals surface area contributed by atoms with Crippen molar-refractivity contribution >= 4 is 6.09 Å². The van der Waals surface area contributed by atoms with Gasteiger partial charge in [0.1, 0.15) is 6.61 Å². The van der Waals surface area contributed by atoms with Crippen LogP contribution < -0.4 is 0 Å². The Bertz CT molecular complexity index is 505. The van der Waals surface area contributed by atoms with Gasteiger partial charge in [0, 0.05) is 19.2 Å². The summed E-state index contributed by atoms with van der Waals surface area (Å²) in [5.41, 5.74) is 1.01. The number of amides is 1. The van der Waals surface area contributed by atoms with Gasteiger partial charge in [0.25, 0.3) is 0 Å². The summed E-state index contributed by atoms with van der Waals surface area (Å²) in [5.74, 6) is 1.33. The van der Waals surface area contributed by atoms with Gasteiger partial charge >= 0.3 is 6.09 Å². The molecule has 23 heavy (non-hydrogen) atoms. The first-order valence-electron chi connectivity index (χ1n) is 8.86. The molecule has 2 aliphatic rings. The molecular formula is C19H27NO3. The maximum absolute atomic E-state index is 12.6. The highest BCUT2D eigenvalue weighted by molar-refractivity contribution is 5.68. The largest absolute Gasteiger partial charge is 0.445 e. The van der Waals surface area contributed by atoms with Crippen LogP contribution >= 0.6 is 0 Å². The van der Waals surface area contributed by atoms with E-state index in [0.29, 0.717) is 18.9 Å². The molecule has 0 bridgehead atoms. The number of carbonyl (C=O) groups is 1. The van der Waals surface area contributed by atoms with Crippen LogP contribution in [0.25, 0.3) is 0 Å². The van der Waals surface area contributed by atoms with Crippen molar-refractivity contribution in [1.82, 2.24) is 4.90 Å². The first-order valence-corrected chi connectivity index (χ1v) is 8.86. The minimum atomic E-state index is -0.226. The van der Waals surface area contributed by atoms with Gasteiger partial charge in [0.05, 0.1) is 0 Å². The Morgan fingerprint density at radius 3 is 2.65 bits per heavy atom. The number of ether oxygens (including phenoxy) is 1. The molecule has 1 aromatic rings. The zero-order valence-corrected chi connectivity index (χ0v) is 13.7. The molecule has 1 N–H and O–H groups in total. The van der Waals surface area contributed by atoms with Crippen molar-refractivity contribution in [2.75, 3.05) is 13.2 Å². The van der Waals surface area contributed by atoms with Crippen LogP contribution in [0.3, 0.4) is 0 Å². The Kier molecular flexibility index (Phi) is 5.55. The number of carbonyl (C=O) groups excluding carboxylic acids is 1. The molecule has 4 nitrogen and oxygen atoms in total. The van der Waals surface area contributed by atoms with Gasteiger partial charge < -0.3 is 14.7 Å². The smallest absolute Gasteiger partial charge is 0.410 e. The Morgan fingerprint density at radius 1 is 1.17 bits per heavy atom. The molecule has 1 aromatic carbocycles. The van der Waals surface area contributed by atoms with Crippen LogP contribution in [0.5, 0.6) is 0 Å². The summed E-state index contributed by atoms with van der Waals surface area (Å²) in [6, 6.07) is 9.91. The number of nitrogens with zero attached hydrogens (tertiary/aromatic N) is 1. The zero-order chi connectivity index (χ0) is 16.1. The number of benzene rings is 1. The van der Waals surface area contributed by atoms with Crippen LogP contribution in [0.15, 0.2) is 30.3 Å². The molecule has 1 heterocycles. The fourth-order valence-corrected chi connectivity index (χ4v) is 4.16. The summed E-state index contributed by atoms with van der Waals surface area (Å²) in [5, 5.41) is 9.34. The molecule has 1 saturated heterocycles. The summed E-state index contributed by atoms with van der Waals surface area (Å²) in [7, 11) is 0. The van der Waals surface area contributed by atoms with E-state index in [4.69, 9.17) is 4.74 Å². The molecule has 3 atom stereocenters. The molecule has 3 rings (SSSR count). The molecule has 1 aliphatic carbocycles. The van der Waals surface area contributed by atoms with Gasteiger partial charge in [-0.1, -0.05) is 49.6 Å². The van der Waals surface area contributed by atoms with Crippen LogP contribution in [-0.4, -0.2) is 35.3 Å². The summed E-state index contributed by atoms with van der Waals surface area (Å²) < 4.78 is 5.53. The lowest BCUT2D eigenvalue weighted by atomic mass is 9.72. The molecular weight excluding hydrogens is 290 g/mol. The molecule has 0 aromatic heterocycles. The van der Waals surface area contributed by atoms with E-state index in [0.717, 1.165) is 24.4 Å². The Hall–Kier alpha value is -1.55. The number of fused-ring (bicyclic) bond motifs is 1. The van der Waals surface area contributed by atoms with E-state index in [1.165, 1.54) is 25.7 Å². The Balaban J connectivity index is 1.61. The molecule has 1 saturated carbocycles. The Morgan fingerprint density at radius 2 is 1.91 bits per heavy atom. The number of likely N-dealkylation sites (tertiary alicyclic amines) is 1. The Labute approximate surface area is 138 Å². The number of piperidine rings is 1. The molecule has 1 aliphatic heterocycles. The molecule has 0 spiro atoms. The van der Waals surface area contributed by atoms with Crippen molar-refractivity contribution in [2.24, 2.45) is 11.8 Å². The summed E-state index contributed by atoms with van der Waals surface area (Å²) in [6.45, 7) is 1.24. The third-order valence-electron chi connectivity index (χ3n) is 5.42. The molecule has 0 radical (unpaired) electrons. The maximum Gasteiger partial charge on any atom is 0.410 e. The average molecular weight is 317 g/mol. The van der Waals surface area contributed by atoms with Gasteiger partial charge in [0.15, 0.2) is 0 Å². The van der Waals surface area contributed by atoms with Gasteiger partial charge in [-0.2, -0.15) is 0 Å². The van der Waals surface area contributed by atoms with Gasteiger partial charge in [-0.05, 0) is 36.7 Å². The van der Waals surface area contributed by atoms with E-state index in [1.54, 1.807) is 0 Å². The lowest BCUT2D eigenvalue weighted by molar-refractivity contribution is 0.0149. The van der Waals surface area contributed by atoms with Crippen molar-refractivity contribution < 1.29 is 14.6 Å². The fourth-order valence-electron chi connectivity index (χ4n) is 4.16. The first kappa shape index (κ1) is 16.3. The SMILES string of the molecule is O=C(OCc1ccccc1)N1CC2CCCCC2CC1CCO. The first-order chi connectivity index (χ1) is 11.3. The molecule has 1 amide bonds. The number of aliphatic hydroxyl groups is 1. The van der Waals surface area contributed by atoms with Crippen LogP contribution in [0.1, 0.15) is 44.1 Å².